The van der Waals surface area contributed by atoms with Crippen molar-refractivity contribution in [3.63, 3.8) is 0 Å². The van der Waals surface area contributed by atoms with E-state index in [2.05, 4.69) is 36.6 Å². The minimum Gasteiger partial charge on any atom is -0.277 e. The summed E-state index contributed by atoms with van der Waals surface area (Å²) in [6.07, 6.45) is 0. The molecule has 0 spiro atoms. The molecule has 0 heterocycles. The van der Waals surface area contributed by atoms with Gasteiger partial charge in [0.15, 0.2) is 0 Å². The first kappa shape index (κ1) is 16.0. The predicted octanol–water partition coefficient (Wildman–Crippen LogP) is 4.19. The lowest BCUT2D eigenvalue weighted by Crippen LogP contribution is -2.13. The fourth-order valence-electron chi connectivity index (χ4n) is 1.70. The smallest absolute Gasteiger partial charge is 0.261 e. The number of nitrogens with zero attached hydrogens (tertiary/aromatic N) is 1. The van der Waals surface area contributed by atoms with Gasteiger partial charge in [0, 0.05) is 8.95 Å². The monoisotopic (exact) mass is 428 g/mol. The van der Waals surface area contributed by atoms with Crippen molar-refractivity contribution in [1.82, 2.24) is 0 Å². The number of sulfonamides is 1. The number of rotatable bonds is 3. The molecule has 0 aliphatic rings. The molecule has 108 valence electrons. The lowest BCUT2D eigenvalue weighted by atomic mass is 10.2. The second-order valence-electron chi connectivity index (χ2n) is 4.35. The van der Waals surface area contributed by atoms with Crippen molar-refractivity contribution in [1.29, 1.82) is 5.26 Å². The van der Waals surface area contributed by atoms with Crippen LogP contribution in [0.15, 0.2) is 50.2 Å². The average Bonchev–Trinajstić information content (AvgIpc) is 2.43. The molecule has 4 nitrogen and oxygen atoms in total. The number of halogens is 2. The van der Waals surface area contributed by atoms with Crippen molar-refractivity contribution in [3.05, 3.63) is 56.5 Å². The van der Waals surface area contributed by atoms with E-state index in [0.717, 1.165) is 5.56 Å². The molecule has 0 bridgehead atoms. The number of nitrogens with one attached hydrogen (secondary N) is 1. The van der Waals surface area contributed by atoms with Crippen LogP contribution in [0.25, 0.3) is 0 Å². The maximum Gasteiger partial charge on any atom is 0.261 e. The van der Waals surface area contributed by atoms with Crippen molar-refractivity contribution in [2.45, 2.75) is 11.8 Å². The third-order valence-electron chi connectivity index (χ3n) is 2.72. The second-order valence-corrected chi connectivity index (χ2v) is 7.74. The first-order valence-electron chi connectivity index (χ1n) is 5.82. The Balaban J connectivity index is 2.40. The van der Waals surface area contributed by atoms with Crippen LogP contribution in [0, 0.1) is 18.3 Å². The molecule has 0 amide bonds. The summed E-state index contributed by atoms with van der Waals surface area (Å²) in [4.78, 5) is 0.0980. The lowest BCUT2D eigenvalue weighted by Gasteiger charge is -2.12. The Kier molecular flexibility index (Phi) is 4.71. The molecule has 0 saturated heterocycles. The molecule has 2 aromatic rings. The van der Waals surface area contributed by atoms with Crippen LogP contribution >= 0.6 is 31.9 Å². The third kappa shape index (κ3) is 3.64. The van der Waals surface area contributed by atoms with Crippen LogP contribution in [0.5, 0.6) is 0 Å². The van der Waals surface area contributed by atoms with Crippen LogP contribution in [0.2, 0.25) is 0 Å². The van der Waals surface area contributed by atoms with Gasteiger partial charge in [0.2, 0.25) is 0 Å². The van der Waals surface area contributed by atoms with Gasteiger partial charge in [0.25, 0.3) is 10.0 Å². The van der Waals surface area contributed by atoms with Crippen molar-refractivity contribution in [2.75, 3.05) is 4.72 Å². The quantitative estimate of drug-likeness (QED) is 0.794. The topological polar surface area (TPSA) is 70.0 Å². The standard InChI is InChI=1S/C14H10Br2N2O2S/c1-9-6-12(15)14(13(16)7-9)18-21(19,20)11-4-2-10(8-17)3-5-11/h2-7,18H,1H3. The van der Waals surface area contributed by atoms with E-state index in [1.165, 1.54) is 24.3 Å². The number of benzene rings is 2. The average molecular weight is 430 g/mol. The largest absolute Gasteiger partial charge is 0.277 e. The van der Waals surface area contributed by atoms with Gasteiger partial charge < -0.3 is 0 Å². The maximum atomic E-state index is 12.4. The van der Waals surface area contributed by atoms with Crippen LogP contribution in [0.3, 0.4) is 0 Å². The lowest BCUT2D eigenvalue weighted by molar-refractivity contribution is 0.601. The number of aryl methyl sites for hydroxylation is 1. The van der Waals surface area contributed by atoms with E-state index in [-0.39, 0.29) is 4.90 Å². The van der Waals surface area contributed by atoms with E-state index in [0.29, 0.717) is 20.2 Å². The van der Waals surface area contributed by atoms with E-state index >= 15 is 0 Å². The molecule has 0 aliphatic carbocycles. The molecule has 2 rings (SSSR count). The molecule has 1 N–H and O–H groups in total. The highest BCUT2D eigenvalue weighted by atomic mass is 79.9. The summed E-state index contributed by atoms with van der Waals surface area (Å²) < 4.78 is 28.5. The summed E-state index contributed by atoms with van der Waals surface area (Å²) >= 11 is 6.69. The van der Waals surface area contributed by atoms with Gasteiger partial charge in [-0.1, -0.05) is 0 Å². The summed E-state index contributed by atoms with van der Waals surface area (Å²) in [5.74, 6) is 0. The van der Waals surface area contributed by atoms with E-state index < -0.39 is 10.0 Å². The number of hydrogen-bond acceptors (Lipinski definition) is 3. The Bertz CT molecular complexity index is 802. The highest BCUT2D eigenvalue weighted by molar-refractivity contribution is 9.11. The number of hydrogen-bond donors (Lipinski definition) is 1. The van der Waals surface area contributed by atoms with Gasteiger partial charge in [-0.2, -0.15) is 5.26 Å². The predicted molar refractivity (Wildman–Crippen MR) is 88.5 cm³/mol. The van der Waals surface area contributed by atoms with E-state index in [4.69, 9.17) is 5.26 Å². The van der Waals surface area contributed by atoms with Gasteiger partial charge in [-0.15, -0.1) is 0 Å². The fraction of sp³-hybridized carbons (Fsp3) is 0.0714. The Morgan fingerprint density at radius 1 is 1.10 bits per heavy atom. The normalized spacial score (nSPS) is 11.0. The summed E-state index contributed by atoms with van der Waals surface area (Å²) in [6.45, 7) is 1.91. The Labute approximate surface area is 140 Å². The van der Waals surface area contributed by atoms with E-state index in [9.17, 15) is 8.42 Å². The molecule has 0 atom stereocenters. The summed E-state index contributed by atoms with van der Waals surface area (Å²) in [6, 6.07) is 11.3. The maximum absolute atomic E-state index is 12.4. The molecule has 0 fully saturated rings. The zero-order valence-corrected chi connectivity index (χ0v) is 14.9. The Hall–Kier alpha value is -1.36. The third-order valence-corrected chi connectivity index (χ3v) is 5.33. The van der Waals surface area contributed by atoms with E-state index in [1.807, 2.05) is 25.1 Å². The van der Waals surface area contributed by atoms with Crippen molar-refractivity contribution < 1.29 is 8.42 Å². The highest BCUT2D eigenvalue weighted by Gasteiger charge is 2.17. The summed E-state index contributed by atoms with van der Waals surface area (Å²) in [5, 5.41) is 8.74. The van der Waals surface area contributed by atoms with Crippen LogP contribution < -0.4 is 4.72 Å². The fourth-order valence-corrected chi connectivity index (χ4v) is 4.68. The Morgan fingerprint density at radius 3 is 2.10 bits per heavy atom. The second kappa shape index (κ2) is 6.18. The van der Waals surface area contributed by atoms with Crippen molar-refractivity contribution >= 4 is 47.6 Å². The molecule has 0 radical (unpaired) electrons. The number of anilines is 1. The minimum absolute atomic E-state index is 0.0980. The van der Waals surface area contributed by atoms with Gasteiger partial charge in [0.05, 0.1) is 22.2 Å². The van der Waals surface area contributed by atoms with E-state index in [1.54, 1.807) is 0 Å². The van der Waals surface area contributed by atoms with Gasteiger partial charge in [0.1, 0.15) is 0 Å². The molecular weight excluding hydrogens is 420 g/mol. The molecule has 0 aromatic heterocycles. The summed E-state index contributed by atoms with van der Waals surface area (Å²) in [7, 11) is -3.72. The summed E-state index contributed by atoms with van der Waals surface area (Å²) in [5.41, 5.74) is 1.84. The van der Waals surface area contributed by atoms with Gasteiger partial charge in [-0.05, 0) is 80.7 Å². The van der Waals surface area contributed by atoms with Crippen LogP contribution in [0.4, 0.5) is 5.69 Å². The first-order valence-corrected chi connectivity index (χ1v) is 8.89. The van der Waals surface area contributed by atoms with Crippen molar-refractivity contribution in [2.24, 2.45) is 0 Å². The molecule has 0 saturated carbocycles. The minimum atomic E-state index is -3.72. The van der Waals surface area contributed by atoms with Gasteiger partial charge in [-0.25, -0.2) is 8.42 Å². The Morgan fingerprint density at radius 2 is 1.62 bits per heavy atom. The molecular formula is C14H10Br2N2O2S. The molecule has 0 aliphatic heterocycles. The zero-order chi connectivity index (χ0) is 15.6. The van der Waals surface area contributed by atoms with Crippen LogP contribution in [-0.4, -0.2) is 8.42 Å². The molecule has 0 unspecified atom stereocenters. The molecule has 7 heteroatoms. The molecule has 2 aromatic carbocycles. The first-order chi connectivity index (χ1) is 9.83. The van der Waals surface area contributed by atoms with Crippen LogP contribution in [-0.2, 0) is 10.0 Å². The zero-order valence-electron chi connectivity index (χ0n) is 10.9. The highest BCUT2D eigenvalue weighted by Crippen LogP contribution is 2.33. The SMILES string of the molecule is Cc1cc(Br)c(NS(=O)(=O)c2ccc(C#N)cc2)c(Br)c1. The van der Waals surface area contributed by atoms with Crippen LogP contribution in [0.1, 0.15) is 11.1 Å². The van der Waals surface area contributed by atoms with Gasteiger partial charge in [-0.3, -0.25) is 4.72 Å². The molecule has 21 heavy (non-hydrogen) atoms. The van der Waals surface area contributed by atoms with Crippen molar-refractivity contribution in [3.8, 4) is 6.07 Å². The van der Waals surface area contributed by atoms with Gasteiger partial charge >= 0.3 is 0 Å². The number of nitriles is 1.